The Kier molecular flexibility index (Phi) is 11.1. The van der Waals surface area contributed by atoms with Crippen LogP contribution in [0, 0.1) is 11.8 Å². The normalized spacial score (nSPS) is 25.1. The Morgan fingerprint density at radius 1 is 0.556 bits per heavy atom. The third-order valence-corrected chi connectivity index (χ3v) is 10.6. The number of ether oxygens (including phenoxy) is 6. The Bertz CT molecular complexity index is 1840. The molecule has 6 atom stereocenters. The van der Waals surface area contributed by atoms with E-state index in [-0.39, 0.29) is 83.2 Å². The fourth-order valence-electron chi connectivity index (χ4n) is 7.71. The summed E-state index contributed by atoms with van der Waals surface area (Å²) in [4.78, 5) is 0. The van der Waals surface area contributed by atoms with Crippen molar-refractivity contribution in [3.8, 4) is 57.1 Å². The van der Waals surface area contributed by atoms with E-state index in [2.05, 4.69) is 0 Å². The fraction of sp³-hybridized carbons (Fsp3) is 0.400. The number of aromatic hydroxyl groups is 4. The number of aliphatic hydroxyl groups excluding tert-OH is 2. The molecule has 14 nitrogen and oxygen atoms in total. The summed E-state index contributed by atoms with van der Waals surface area (Å²) >= 11 is 0. The number of phenols is 4. The monoisotopic (exact) mass is 750 g/mol. The van der Waals surface area contributed by atoms with E-state index in [1.807, 2.05) is 0 Å². The molecule has 0 radical (unpaired) electrons. The van der Waals surface area contributed by atoms with Gasteiger partial charge in [0.05, 0.1) is 78.3 Å². The Balaban J connectivity index is 1.36. The first-order valence-corrected chi connectivity index (χ1v) is 17.3. The molecule has 0 amide bonds. The van der Waals surface area contributed by atoms with Gasteiger partial charge >= 0.3 is 0 Å². The number of hydrogen-bond donors (Lipinski definition) is 8. The Morgan fingerprint density at radius 2 is 0.926 bits per heavy atom. The van der Waals surface area contributed by atoms with Crippen LogP contribution in [0.2, 0.25) is 0 Å². The van der Waals surface area contributed by atoms with E-state index in [9.17, 15) is 40.9 Å². The SMILES string of the molecule is COc1cc(CC2(O)COC(c3cc(OC)c(O)c(-c4cc(C5OCC(O)(Cc6ccc(O)c(OC)c6)C5CO)cc(OC)c4O)c3)C2CO)ccc1O. The average molecular weight is 751 g/mol. The molecule has 14 heteroatoms. The summed E-state index contributed by atoms with van der Waals surface area (Å²) in [5.74, 6) is -1.97. The maximum absolute atomic E-state index is 11.8. The van der Waals surface area contributed by atoms with Crippen molar-refractivity contribution in [1.29, 1.82) is 0 Å². The number of rotatable bonds is 13. The lowest BCUT2D eigenvalue weighted by Crippen LogP contribution is -2.41. The highest BCUT2D eigenvalue weighted by Crippen LogP contribution is 2.52. The van der Waals surface area contributed by atoms with Gasteiger partial charge < -0.3 is 69.3 Å². The van der Waals surface area contributed by atoms with Gasteiger partial charge in [-0.05, 0) is 70.8 Å². The zero-order chi connectivity index (χ0) is 38.9. The van der Waals surface area contributed by atoms with Gasteiger partial charge in [0.15, 0.2) is 46.0 Å². The van der Waals surface area contributed by atoms with Crippen LogP contribution >= 0.6 is 0 Å². The quantitative estimate of drug-likeness (QED) is 0.0982. The van der Waals surface area contributed by atoms with Crippen molar-refractivity contribution >= 4 is 0 Å². The summed E-state index contributed by atoms with van der Waals surface area (Å²) in [6.07, 6.45) is -1.64. The molecule has 0 spiro atoms. The van der Waals surface area contributed by atoms with Gasteiger partial charge in [-0.2, -0.15) is 0 Å². The van der Waals surface area contributed by atoms with Crippen molar-refractivity contribution in [2.24, 2.45) is 11.8 Å². The van der Waals surface area contributed by atoms with Crippen LogP contribution in [0.5, 0.6) is 46.0 Å². The molecule has 290 valence electrons. The standard InChI is InChI=1S/C40H46O14/c1-49-31-9-21(5-7-29(31)43)15-39(47)19-53-37(27(39)17-41)23-11-25(35(45)33(13-23)51-3)26-12-24(14-34(52-4)36(26)46)38-28(18-42)40(48,20-54-38)16-22-6-8-30(44)32(10-22)50-2/h5-14,27-28,37-38,41-48H,15-20H2,1-4H3. The first-order valence-electron chi connectivity index (χ1n) is 17.3. The fourth-order valence-corrected chi connectivity index (χ4v) is 7.71. The molecule has 8 N–H and O–H groups in total. The van der Waals surface area contributed by atoms with E-state index < -0.39 is 48.5 Å². The maximum Gasteiger partial charge on any atom is 0.165 e. The van der Waals surface area contributed by atoms with Gasteiger partial charge in [-0.25, -0.2) is 0 Å². The summed E-state index contributed by atoms with van der Waals surface area (Å²) < 4.78 is 33.8. The summed E-state index contributed by atoms with van der Waals surface area (Å²) in [7, 11) is 5.55. The third kappa shape index (κ3) is 7.04. The molecule has 4 aromatic rings. The largest absolute Gasteiger partial charge is 0.504 e. The first-order chi connectivity index (χ1) is 25.8. The van der Waals surface area contributed by atoms with Crippen molar-refractivity contribution in [2.45, 2.75) is 36.3 Å². The molecule has 2 fully saturated rings. The van der Waals surface area contributed by atoms with Gasteiger partial charge in [0.1, 0.15) is 0 Å². The van der Waals surface area contributed by atoms with E-state index in [1.165, 1.54) is 52.7 Å². The van der Waals surface area contributed by atoms with Gasteiger partial charge in [-0.15, -0.1) is 0 Å². The van der Waals surface area contributed by atoms with Crippen LogP contribution in [0.1, 0.15) is 34.5 Å². The minimum absolute atomic E-state index is 0.0225. The predicted octanol–water partition coefficient (Wildman–Crippen LogP) is 3.52. The topological polar surface area (TPSA) is 217 Å². The van der Waals surface area contributed by atoms with Crippen LogP contribution < -0.4 is 18.9 Å². The Labute approximate surface area is 311 Å². The van der Waals surface area contributed by atoms with E-state index in [0.717, 1.165) is 0 Å². The van der Waals surface area contributed by atoms with Crippen LogP contribution in [-0.4, -0.2) is 107 Å². The Morgan fingerprint density at radius 3 is 1.26 bits per heavy atom. The molecule has 54 heavy (non-hydrogen) atoms. The number of hydrogen-bond acceptors (Lipinski definition) is 14. The number of benzene rings is 4. The van der Waals surface area contributed by atoms with Gasteiger partial charge in [0.2, 0.25) is 0 Å². The molecule has 0 aromatic heterocycles. The van der Waals surface area contributed by atoms with E-state index in [1.54, 1.807) is 36.4 Å². The molecule has 0 saturated carbocycles. The lowest BCUT2D eigenvalue weighted by Gasteiger charge is -2.30. The summed E-state index contributed by atoms with van der Waals surface area (Å²) in [5.41, 5.74) is -0.762. The molecular formula is C40H46O14. The van der Waals surface area contributed by atoms with Crippen LogP contribution in [0.25, 0.3) is 11.1 Å². The number of methoxy groups -OCH3 is 4. The van der Waals surface area contributed by atoms with Crippen LogP contribution in [0.3, 0.4) is 0 Å². The molecular weight excluding hydrogens is 704 g/mol. The van der Waals surface area contributed by atoms with Crippen LogP contribution in [-0.2, 0) is 22.3 Å². The smallest absolute Gasteiger partial charge is 0.165 e. The second-order valence-electron chi connectivity index (χ2n) is 13.9. The highest BCUT2D eigenvalue weighted by molar-refractivity contribution is 5.81. The highest BCUT2D eigenvalue weighted by Gasteiger charge is 2.50. The average Bonchev–Trinajstić information content (AvgIpc) is 3.68. The minimum atomic E-state index is -1.54. The van der Waals surface area contributed by atoms with Crippen molar-refractivity contribution in [1.82, 2.24) is 0 Å². The summed E-state index contributed by atoms with van der Waals surface area (Å²) in [6.45, 7) is -1.24. The number of phenolic OH excluding ortho intramolecular Hbond substituents is 4. The molecule has 0 aliphatic carbocycles. The second kappa shape index (κ2) is 15.4. The highest BCUT2D eigenvalue weighted by atomic mass is 16.5. The first kappa shape index (κ1) is 38.8. The van der Waals surface area contributed by atoms with Crippen LogP contribution in [0.4, 0.5) is 0 Å². The predicted molar refractivity (Wildman–Crippen MR) is 193 cm³/mol. The number of aliphatic hydroxyl groups is 4. The lowest BCUT2D eigenvalue weighted by molar-refractivity contribution is -0.0155. The molecule has 2 aliphatic heterocycles. The van der Waals surface area contributed by atoms with Crippen molar-refractivity contribution < 1.29 is 69.3 Å². The van der Waals surface area contributed by atoms with E-state index in [0.29, 0.717) is 22.3 Å². The third-order valence-electron chi connectivity index (χ3n) is 10.6. The van der Waals surface area contributed by atoms with Gasteiger partial charge in [-0.3, -0.25) is 0 Å². The molecule has 6 rings (SSSR count). The van der Waals surface area contributed by atoms with Gasteiger partial charge in [0.25, 0.3) is 0 Å². The molecule has 2 aliphatic rings. The molecule has 2 saturated heterocycles. The van der Waals surface area contributed by atoms with Crippen molar-refractivity contribution in [3.63, 3.8) is 0 Å². The summed E-state index contributed by atoms with van der Waals surface area (Å²) in [6, 6.07) is 15.6. The van der Waals surface area contributed by atoms with E-state index >= 15 is 0 Å². The van der Waals surface area contributed by atoms with Crippen molar-refractivity contribution in [3.05, 3.63) is 82.9 Å². The minimum Gasteiger partial charge on any atom is -0.504 e. The Hall–Kier alpha value is -4.96. The molecule has 0 bridgehead atoms. The zero-order valence-corrected chi connectivity index (χ0v) is 30.4. The molecule has 6 unspecified atom stereocenters. The van der Waals surface area contributed by atoms with Gasteiger partial charge in [0, 0.05) is 35.8 Å². The molecule has 4 aromatic carbocycles. The summed E-state index contributed by atoms with van der Waals surface area (Å²) in [5, 5.41) is 87.9. The van der Waals surface area contributed by atoms with Crippen molar-refractivity contribution in [2.75, 3.05) is 54.9 Å². The van der Waals surface area contributed by atoms with Gasteiger partial charge in [-0.1, -0.05) is 12.1 Å². The second-order valence-corrected chi connectivity index (χ2v) is 13.9. The zero-order valence-electron chi connectivity index (χ0n) is 30.4. The van der Waals surface area contributed by atoms with Crippen LogP contribution in [0.15, 0.2) is 60.7 Å². The maximum atomic E-state index is 11.8. The molecule has 2 heterocycles. The lowest BCUT2D eigenvalue weighted by atomic mass is 9.79. The van der Waals surface area contributed by atoms with E-state index in [4.69, 9.17) is 28.4 Å².